The van der Waals surface area contributed by atoms with Crippen LogP contribution in [-0.4, -0.2) is 97.6 Å². The first kappa shape index (κ1) is 19.4. The van der Waals surface area contributed by atoms with Gasteiger partial charge in [0.1, 0.15) is 0 Å². The summed E-state index contributed by atoms with van der Waals surface area (Å²) >= 11 is 1.70. The smallest absolute Gasteiger partial charge is 0.191 e. The van der Waals surface area contributed by atoms with Gasteiger partial charge in [-0.15, -0.1) is 11.3 Å². The molecule has 2 aliphatic heterocycles. The van der Waals surface area contributed by atoms with Crippen molar-refractivity contribution in [3.8, 4) is 0 Å². The van der Waals surface area contributed by atoms with Crippen LogP contribution in [0.25, 0.3) is 0 Å². The highest BCUT2D eigenvalue weighted by molar-refractivity contribution is 7.13. The molecule has 0 aliphatic carbocycles. The Morgan fingerprint density at radius 1 is 1.15 bits per heavy atom. The van der Waals surface area contributed by atoms with Gasteiger partial charge in [0.25, 0.3) is 0 Å². The molecule has 7 nitrogen and oxygen atoms in total. The Bertz CT molecular complexity index is 558. The van der Waals surface area contributed by atoms with Crippen LogP contribution in [-0.2, 0) is 0 Å². The maximum atomic E-state index is 6.33. The van der Waals surface area contributed by atoms with Gasteiger partial charge in [-0.05, 0) is 13.0 Å². The van der Waals surface area contributed by atoms with Crippen LogP contribution < -0.4 is 10.6 Å². The number of nitrogens with zero attached hydrogens (tertiary/aromatic N) is 6. The normalized spacial score (nSPS) is 22.2. The quantitative estimate of drug-likeness (QED) is 0.605. The minimum atomic E-state index is 0.471. The van der Waals surface area contributed by atoms with Gasteiger partial charge in [0.2, 0.25) is 0 Å². The molecule has 2 saturated heterocycles. The Kier molecular flexibility index (Phi) is 6.72. The van der Waals surface area contributed by atoms with E-state index in [-0.39, 0.29) is 0 Å². The lowest BCUT2D eigenvalue weighted by molar-refractivity contribution is 0.0924. The molecule has 3 heterocycles. The predicted octanol–water partition coefficient (Wildman–Crippen LogP) is 0.852. The summed E-state index contributed by atoms with van der Waals surface area (Å²) in [6.07, 6.45) is 1.87. The van der Waals surface area contributed by atoms with Crippen LogP contribution in [0.5, 0.6) is 0 Å². The van der Waals surface area contributed by atoms with Crippen LogP contribution in [0.3, 0.4) is 0 Å². The maximum absolute atomic E-state index is 6.33. The van der Waals surface area contributed by atoms with E-state index in [1.807, 2.05) is 11.6 Å². The van der Waals surface area contributed by atoms with E-state index < -0.39 is 0 Å². The van der Waals surface area contributed by atoms with E-state index in [1.165, 1.54) is 0 Å². The number of piperazine rings is 2. The van der Waals surface area contributed by atoms with E-state index in [1.54, 1.807) is 11.3 Å². The number of hydrogen-bond donors (Lipinski definition) is 1. The predicted molar refractivity (Wildman–Crippen MR) is 110 cm³/mol. The van der Waals surface area contributed by atoms with Gasteiger partial charge in [-0.3, -0.25) is 9.89 Å². The average Bonchev–Trinajstić information content (AvgIpc) is 3.18. The third-order valence-corrected chi connectivity index (χ3v) is 6.34. The molecule has 0 radical (unpaired) electrons. The molecule has 26 heavy (non-hydrogen) atoms. The lowest BCUT2D eigenvalue weighted by Gasteiger charge is -2.39. The number of guanidine groups is 1. The molecule has 0 amide bonds. The van der Waals surface area contributed by atoms with Gasteiger partial charge in [0, 0.05) is 70.0 Å². The molecule has 2 N–H and O–H groups in total. The summed E-state index contributed by atoms with van der Waals surface area (Å²) in [6.45, 7) is 13.6. The Labute approximate surface area is 161 Å². The third kappa shape index (κ3) is 4.86. The first-order valence-electron chi connectivity index (χ1n) is 9.66. The van der Waals surface area contributed by atoms with Gasteiger partial charge in [0.15, 0.2) is 11.1 Å². The molecular formula is C18H33N7S. The fraction of sp³-hybridized carbons (Fsp3) is 0.778. The van der Waals surface area contributed by atoms with Crippen LogP contribution in [0.15, 0.2) is 16.6 Å². The standard InChI is InChI=1S/C18H33N7S/c1-15(2)16(23-7-5-22(3)6-8-23)14-21-17(19)24-9-11-25(12-10-24)18-20-4-13-26-18/h4,13,15-16H,5-12,14H2,1-3H3,(H2,19,21). The van der Waals surface area contributed by atoms with Crippen molar-refractivity contribution in [3.05, 3.63) is 11.6 Å². The Hall–Kier alpha value is -1.38. The fourth-order valence-corrected chi connectivity index (χ4v) is 4.38. The average molecular weight is 380 g/mol. The number of aliphatic imine (C=N–C) groups is 1. The van der Waals surface area contributed by atoms with Crippen LogP contribution in [0.4, 0.5) is 5.13 Å². The maximum Gasteiger partial charge on any atom is 0.191 e. The van der Waals surface area contributed by atoms with Crippen molar-refractivity contribution < 1.29 is 0 Å². The van der Waals surface area contributed by atoms with Crippen molar-refractivity contribution >= 4 is 22.4 Å². The largest absolute Gasteiger partial charge is 0.370 e. The van der Waals surface area contributed by atoms with Gasteiger partial charge in [0.05, 0.1) is 6.54 Å². The van der Waals surface area contributed by atoms with E-state index in [0.29, 0.717) is 17.9 Å². The monoisotopic (exact) mass is 379 g/mol. The number of anilines is 1. The lowest BCUT2D eigenvalue weighted by Crippen LogP contribution is -2.53. The van der Waals surface area contributed by atoms with E-state index in [2.05, 4.69) is 45.5 Å². The molecule has 1 aromatic heterocycles. The van der Waals surface area contributed by atoms with E-state index in [0.717, 1.165) is 64.0 Å². The van der Waals surface area contributed by atoms with E-state index in [9.17, 15) is 0 Å². The summed E-state index contributed by atoms with van der Waals surface area (Å²) in [5.74, 6) is 1.28. The zero-order valence-corrected chi connectivity index (χ0v) is 17.2. The number of rotatable bonds is 5. The summed E-state index contributed by atoms with van der Waals surface area (Å²) in [5, 5.41) is 3.14. The molecule has 1 atom stereocenters. The Morgan fingerprint density at radius 2 is 1.85 bits per heavy atom. The highest BCUT2D eigenvalue weighted by atomic mass is 32.1. The first-order valence-corrected chi connectivity index (χ1v) is 10.5. The summed E-state index contributed by atoms with van der Waals surface area (Å²) in [6, 6.07) is 0.471. The van der Waals surface area contributed by atoms with Crippen molar-refractivity contribution in [2.24, 2.45) is 16.6 Å². The summed E-state index contributed by atoms with van der Waals surface area (Å²) < 4.78 is 0. The molecular weight excluding hydrogens is 346 g/mol. The van der Waals surface area contributed by atoms with Crippen LogP contribution in [0.2, 0.25) is 0 Å². The number of aromatic nitrogens is 1. The van der Waals surface area contributed by atoms with Gasteiger partial charge in [-0.25, -0.2) is 4.98 Å². The number of thiazole rings is 1. The number of nitrogens with two attached hydrogens (primary N) is 1. The summed E-state index contributed by atoms with van der Waals surface area (Å²) in [5.41, 5.74) is 6.33. The third-order valence-electron chi connectivity index (χ3n) is 5.51. The van der Waals surface area contributed by atoms with E-state index >= 15 is 0 Å². The van der Waals surface area contributed by atoms with Crippen molar-refractivity contribution in [2.45, 2.75) is 19.9 Å². The lowest BCUT2D eigenvalue weighted by atomic mass is 10.0. The molecule has 0 aromatic carbocycles. The van der Waals surface area contributed by atoms with Crippen molar-refractivity contribution in [3.63, 3.8) is 0 Å². The van der Waals surface area contributed by atoms with Crippen LogP contribution in [0, 0.1) is 5.92 Å². The fourth-order valence-electron chi connectivity index (χ4n) is 3.69. The van der Waals surface area contributed by atoms with Gasteiger partial charge in [-0.2, -0.15) is 0 Å². The molecule has 1 aromatic rings. The summed E-state index contributed by atoms with van der Waals surface area (Å²) in [7, 11) is 2.20. The molecule has 0 saturated carbocycles. The number of likely N-dealkylation sites (N-methyl/N-ethyl adjacent to an activating group) is 1. The van der Waals surface area contributed by atoms with Crippen molar-refractivity contribution in [1.82, 2.24) is 19.7 Å². The number of hydrogen-bond acceptors (Lipinski definition) is 6. The van der Waals surface area contributed by atoms with Gasteiger partial charge in [-0.1, -0.05) is 13.8 Å². The second kappa shape index (κ2) is 9.01. The van der Waals surface area contributed by atoms with Crippen LogP contribution in [0.1, 0.15) is 13.8 Å². The molecule has 2 aliphatic rings. The molecule has 3 rings (SSSR count). The van der Waals surface area contributed by atoms with Crippen LogP contribution >= 0.6 is 11.3 Å². The topological polar surface area (TPSA) is 64.2 Å². The van der Waals surface area contributed by atoms with Crippen molar-refractivity contribution in [1.29, 1.82) is 0 Å². The first-order chi connectivity index (χ1) is 12.5. The highest BCUT2D eigenvalue weighted by Crippen LogP contribution is 2.19. The van der Waals surface area contributed by atoms with Gasteiger partial charge < -0.3 is 20.4 Å². The van der Waals surface area contributed by atoms with Crippen molar-refractivity contribution in [2.75, 3.05) is 70.9 Å². The van der Waals surface area contributed by atoms with E-state index in [4.69, 9.17) is 10.7 Å². The molecule has 1 unspecified atom stereocenters. The molecule has 0 spiro atoms. The zero-order chi connectivity index (χ0) is 18.5. The van der Waals surface area contributed by atoms with Gasteiger partial charge >= 0.3 is 0 Å². The molecule has 8 heteroatoms. The zero-order valence-electron chi connectivity index (χ0n) is 16.3. The highest BCUT2D eigenvalue weighted by Gasteiger charge is 2.25. The minimum absolute atomic E-state index is 0.471. The Morgan fingerprint density at radius 3 is 2.42 bits per heavy atom. The summed E-state index contributed by atoms with van der Waals surface area (Å²) in [4.78, 5) is 18.7. The molecule has 146 valence electrons. The second-order valence-electron chi connectivity index (χ2n) is 7.64. The minimum Gasteiger partial charge on any atom is -0.370 e. The SMILES string of the molecule is CC(C)C(CN=C(N)N1CCN(c2nccs2)CC1)N1CCN(C)CC1. The Balaban J connectivity index is 1.52. The molecule has 0 bridgehead atoms. The molecule has 2 fully saturated rings. The second-order valence-corrected chi connectivity index (χ2v) is 8.51.